The van der Waals surface area contributed by atoms with Crippen LogP contribution in [0.3, 0.4) is 0 Å². The van der Waals surface area contributed by atoms with Gasteiger partial charge >= 0.3 is 0 Å². The van der Waals surface area contributed by atoms with Crippen molar-refractivity contribution in [3.63, 3.8) is 0 Å². The molecule has 0 amide bonds. The van der Waals surface area contributed by atoms with Crippen LogP contribution in [0.25, 0.3) is 116 Å². The first kappa shape index (κ1) is 99.2. The average molecular weight is 2430 g/mol. The Bertz CT molecular complexity index is 8380. The van der Waals surface area contributed by atoms with Crippen LogP contribution < -0.4 is 29.4 Å². The monoisotopic (exact) mass is 2430 g/mol. The molecule has 6 aromatic heterocycles. The fourth-order valence-electron chi connectivity index (χ4n) is 20.8. The van der Waals surface area contributed by atoms with Gasteiger partial charge in [0.25, 0.3) is 0 Å². The van der Waals surface area contributed by atoms with Crippen molar-refractivity contribution < 1.29 is 63.2 Å². The summed E-state index contributed by atoms with van der Waals surface area (Å²) in [5.74, 6) is 1.81. The number of nitrogens with zero attached hydrogens (tertiary/aromatic N) is 15. The quantitative estimate of drug-likeness (QED) is 0.0508. The zero-order chi connectivity index (χ0) is 97.1. The third-order valence-corrected chi connectivity index (χ3v) is 27.1. The second kappa shape index (κ2) is 42.4. The summed E-state index contributed by atoms with van der Waals surface area (Å²) in [5, 5.41) is 9.88. The number of imidazole rings is 3. The Morgan fingerprint density at radius 1 is 0.276 bits per heavy atom. The number of aryl methyl sites for hydroxylation is 2. The van der Waals surface area contributed by atoms with E-state index in [0.29, 0.717) is 23.7 Å². The van der Waals surface area contributed by atoms with Crippen LogP contribution in [0.2, 0.25) is 0 Å². The first-order valence-electron chi connectivity index (χ1n) is 49.1. The molecule has 15 nitrogen and oxygen atoms in total. The summed E-state index contributed by atoms with van der Waals surface area (Å²) < 4.78 is 7.04. The second-order valence-electron chi connectivity index (χ2n) is 38.6. The molecule has 18 heteroatoms. The maximum Gasteiger partial charge on any atom is 0.0639 e. The molecule has 0 fully saturated rings. The van der Waals surface area contributed by atoms with Crippen LogP contribution in [0.15, 0.2) is 365 Å². The molecule has 0 aliphatic carbocycles. The predicted octanol–water partition coefficient (Wildman–Crippen LogP) is 31.4. The van der Waals surface area contributed by atoms with E-state index in [4.69, 9.17) is 15.0 Å². The van der Waals surface area contributed by atoms with Gasteiger partial charge in [-0.25, -0.2) is 0 Å². The van der Waals surface area contributed by atoms with Gasteiger partial charge in [0.2, 0.25) is 0 Å². The molecule has 21 aromatic rings. The van der Waals surface area contributed by atoms with Gasteiger partial charge in [-0.15, -0.1) is 126 Å². The Kier molecular flexibility index (Phi) is 29.0. The zero-order valence-corrected chi connectivity index (χ0v) is 90.1. The number of anilines is 12. The third-order valence-electron chi connectivity index (χ3n) is 27.1. The summed E-state index contributed by atoms with van der Waals surface area (Å²) in [6.07, 6.45) is 20.4. The molecule has 0 unspecified atom stereocenters. The van der Waals surface area contributed by atoms with E-state index in [0.717, 1.165) is 164 Å². The molecule has 0 atom stereocenters. The normalized spacial score (nSPS) is 12.9. The molecular formula is C127H110N15Pt3-9. The maximum atomic E-state index is 5.22. The standard InChI is InChI=1S/C45H42N5.C43H38N5.C39H30N5.3Pt/c1-31(2)25-33-13-11-14-34(26-32(3)4)44(33)43-29-46-45-41-28-38(21-22-39(41)40-19-9-10-20-42(40)50(43)45)49(35-15-7-6-8-16-35)37-18-12-17-36(27-37)48-24-23-47(5)30-48;1-29(2)35-18-12-19-36(30(3)4)42(35)41-27-44-43-39-26-34(21-22-37(39)38-17-9-10-20-40(38)48(41)43)47(31-13-7-6-8-14-31)33-16-11-15-32(25-33)46-24-23-45(5)28-46;1-27-11-9-12-28(2)38(27)37-25-40-39-35-24-32(19-20-33(35)34-17-7-8-18-36(34)44(37)39)43(29-13-5-4-6-14-29)31-16-10-15-30(23-31)42-22-21-41(3)26-42;;;/h6-24,29-32H,25-26H2,1-5H3;6-24,27-30H,1-5H3;4-22,25-26H,1-3H3;;;/q3*-3;;;. The number of pyridine rings is 3. The van der Waals surface area contributed by atoms with E-state index in [-0.39, 0.29) is 63.2 Å². The summed E-state index contributed by atoms with van der Waals surface area (Å²) >= 11 is 0. The molecule has 15 aromatic carbocycles. The van der Waals surface area contributed by atoms with Crippen LogP contribution in [0.4, 0.5) is 68.2 Å². The van der Waals surface area contributed by atoms with E-state index >= 15 is 0 Å². The van der Waals surface area contributed by atoms with Gasteiger partial charge in [0, 0.05) is 132 Å². The van der Waals surface area contributed by atoms with Crippen LogP contribution in [-0.4, -0.2) is 64.0 Å². The SMILES string of the molecule is CC(C)Cc1cccc(CC(C)C)c1-c1cnc2c3[c-]c(N(c4[c-]c(N5C=CN(C)[CH-]5)ccc4)c4ccccc4)ccc3c3ccccc3n12.CC(C)c1cccc(C(C)C)c1-c1cnc2c3[c-]c(N(c4[c-]c(N5C=CN(C)[CH-]5)ccc4)c4ccccc4)ccc3c3ccccc3n12.Cc1cccc(C)c1-c1cnc2c3[c-]c(N(c4[c-]c(N5C=CN(C)[CH-]5)ccc4)c4ccccc4)ccc3c3ccccc3n12.[Pt].[Pt].[Pt]. The average Bonchev–Trinajstić information content (AvgIpc) is 1.62. The second-order valence-corrected chi connectivity index (χ2v) is 38.6. The molecule has 9 heterocycles. The molecule has 0 N–H and O–H groups in total. The number of para-hydroxylation sites is 6. The van der Waals surface area contributed by atoms with E-state index in [9.17, 15) is 0 Å². The van der Waals surface area contributed by atoms with Crippen molar-refractivity contribution >= 4 is 150 Å². The van der Waals surface area contributed by atoms with Crippen molar-refractivity contribution in [2.24, 2.45) is 11.8 Å². The largest absolute Gasteiger partial charge is 0.510 e. The van der Waals surface area contributed by atoms with Gasteiger partial charge in [0.15, 0.2) is 0 Å². The van der Waals surface area contributed by atoms with Crippen molar-refractivity contribution in [2.45, 2.75) is 93.9 Å². The van der Waals surface area contributed by atoms with E-state index in [1.54, 1.807) is 0 Å². The number of benzene rings is 15. The third kappa shape index (κ3) is 19.1. The number of rotatable bonds is 21. The van der Waals surface area contributed by atoms with Crippen LogP contribution in [0.5, 0.6) is 0 Å². The molecule has 0 saturated carbocycles. The van der Waals surface area contributed by atoms with Crippen molar-refractivity contribution in [1.82, 2.24) is 42.9 Å². The Hall–Kier alpha value is -14.6. The first-order chi connectivity index (χ1) is 69.3. The summed E-state index contributed by atoms with van der Waals surface area (Å²) in [7, 11) is 6.07. The van der Waals surface area contributed by atoms with Crippen LogP contribution in [0, 0.1) is 82.1 Å². The minimum Gasteiger partial charge on any atom is -0.510 e. The van der Waals surface area contributed by atoms with Gasteiger partial charge < -0.3 is 57.3 Å². The summed E-state index contributed by atoms with van der Waals surface area (Å²) in [6, 6.07) is 132. The van der Waals surface area contributed by atoms with Gasteiger partial charge in [-0.05, 0) is 230 Å². The topological polar surface area (TPSA) is 81.1 Å². The summed E-state index contributed by atoms with van der Waals surface area (Å²) in [4.78, 5) is 34.5. The molecule has 732 valence electrons. The number of hydrogen-bond acceptors (Lipinski definition) is 12. The molecule has 3 aliphatic rings. The number of aromatic nitrogens is 6. The Balaban J connectivity index is 0.000000136. The van der Waals surface area contributed by atoms with Crippen LogP contribution in [-0.2, 0) is 76.0 Å². The zero-order valence-electron chi connectivity index (χ0n) is 83.3. The van der Waals surface area contributed by atoms with Gasteiger partial charge in [-0.1, -0.05) is 269 Å². The Morgan fingerprint density at radius 3 is 0.883 bits per heavy atom. The molecule has 24 rings (SSSR count). The number of fused-ring (bicyclic) bond motifs is 18. The number of hydrogen-bond donors (Lipinski definition) is 0. The first-order valence-corrected chi connectivity index (χ1v) is 49.1. The van der Waals surface area contributed by atoms with Crippen LogP contribution >= 0.6 is 0 Å². The molecule has 0 bridgehead atoms. The summed E-state index contributed by atoms with van der Waals surface area (Å²) in [5.41, 5.74) is 32.8. The Morgan fingerprint density at radius 2 is 0.566 bits per heavy atom. The predicted molar refractivity (Wildman–Crippen MR) is 590 cm³/mol. The van der Waals surface area contributed by atoms with Crippen LogP contribution in [0.1, 0.15) is 101 Å². The van der Waals surface area contributed by atoms with E-state index in [1.165, 1.54) is 66.2 Å². The fourth-order valence-corrected chi connectivity index (χ4v) is 20.8. The molecule has 0 radical (unpaired) electrons. The molecule has 145 heavy (non-hydrogen) atoms. The molecule has 0 saturated heterocycles. The van der Waals surface area contributed by atoms with Crippen molar-refractivity contribution in [2.75, 3.05) is 50.5 Å². The van der Waals surface area contributed by atoms with Gasteiger partial charge in [-0.3, -0.25) is 15.0 Å². The minimum absolute atomic E-state index is 0. The van der Waals surface area contributed by atoms with Gasteiger partial charge in [-0.2, -0.15) is 38.2 Å². The smallest absolute Gasteiger partial charge is 0.0639 e. The maximum absolute atomic E-state index is 5.22. The van der Waals surface area contributed by atoms with E-state index in [1.807, 2.05) is 111 Å². The summed E-state index contributed by atoms with van der Waals surface area (Å²) in [6.45, 7) is 28.8. The minimum atomic E-state index is 0. The fraction of sp³-hybridized carbons (Fsp3) is 0.150. The van der Waals surface area contributed by atoms with Gasteiger partial charge in [0.05, 0.1) is 34.0 Å². The van der Waals surface area contributed by atoms with Crippen molar-refractivity contribution in [3.8, 4) is 33.8 Å². The van der Waals surface area contributed by atoms with E-state index < -0.39 is 0 Å². The van der Waals surface area contributed by atoms with E-state index in [2.05, 4.69) is 458 Å². The molecule has 0 spiro atoms. The van der Waals surface area contributed by atoms with Crippen molar-refractivity contribution in [3.05, 3.63) is 455 Å². The molecule has 3 aliphatic heterocycles. The van der Waals surface area contributed by atoms with Crippen molar-refractivity contribution in [1.29, 1.82) is 0 Å². The van der Waals surface area contributed by atoms with Gasteiger partial charge in [0.1, 0.15) is 0 Å². The molecular weight excluding hydrogens is 2320 g/mol. The Labute approximate surface area is 893 Å².